The zero-order valence-corrected chi connectivity index (χ0v) is 12.8. The third-order valence-corrected chi connectivity index (χ3v) is 0. The second kappa shape index (κ2) is 11.0. The Bertz CT molecular complexity index is 71.2. The quantitative estimate of drug-likeness (QED) is 0.420. The van der Waals surface area contributed by atoms with Gasteiger partial charge in [-0.25, -0.2) is 0 Å². The first-order valence-electron chi connectivity index (χ1n) is 0.783. The van der Waals surface area contributed by atoms with Crippen molar-refractivity contribution in [2.24, 2.45) is 0 Å². The molecule has 0 aromatic carbocycles. The SMILES string of the molecule is O=[As](O)(O)O.[Ca+2].[Ca+2].[Ca+2].[H-].[H-].[H-].[H-].[H-].[H-]. The predicted molar refractivity (Wildman–Crippen MR) is 37.0 cm³/mol. The summed E-state index contributed by atoms with van der Waals surface area (Å²) < 4.78 is 30.7. The van der Waals surface area contributed by atoms with Gasteiger partial charge in [0.05, 0.1) is 0 Å². The smallest absolute Gasteiger partial charge is 1.00 e. The molecule has 0 heterocycles. The Hall–Kier alpha value is 4.02. The van der Waals surface area contributed by atoms with Gasteiger partial charge in [0.2, 0.25) is 0 Å². The Morgan fingerprint density at radius 2 is 1.00 bits per heavy atom. The molecule has 0 saturated carbocycles. The minimum atomic E-state index is -5.12. The van der Waals surface area contributed by atoms with E-state index in [2.05, 4.69) is 0 Å². The van der Waals surface area contributed by atoms with E-state index in [9.17, 15) is 0 Å². The molecule has 0 aliphatic carbocycles. The molecule has 0 atom stereocenters. The van der Waals surface area contributed by atoms with Crippen LogP contribution in [0.3, 0.4) is 0 Å². The van der Waals surface area contributed by atoms with Gasteiger partial charge in [-0.15, -0.1) is 0 Å². The summed E-state index contributed by atoms with van der Waals surface area (Å²) >= 11 is -5.12. The molecule has 0 bridgehead atoms. The molecule has 0 aromatic heterocycles. The fourth-order valence-corrected chi connectivity index (χ4v) is 0. The van der Waals surface area contributed by atoms with Crippen molar-refractivity contribution in [3.63, 3.8) is 0 Å². The molecule has 0 fully saturated rings. The van der Waals surface area contributed by atoms with Crippen molar-refractivity contribution in [2.45, 2.75) is 0 Å². The maximum atomic E-state index is 8.94. The van der Waals surface area contributed by atoms with E-state index in [-0.39, 0.29) is 122 Å². The van der Waals surface area contributed by atoms with Gasteiger partial charge in [0, 0.05) is 0 Å². The van der Waals surface area contributed by atoms with Gasteiger partial charge < -0.3 is 8.56 Å². The Balaban J connectivity index is -0.00000000222. The van der Waals surface area contributed by atoms with Crippen LogP contribution in [0.4, 0.5) is 0 Å². The van der Waals surface area contributed by atoms with Crippen molar-refractivity contribution in [1.29, 1.82) is 0 Å². The van der Waals surface area contributed by atoms with Crippen LogP contribution in [0.1, 0.15) is 8.56 Å². The van der Waals surface area contributed by atoms with Crippen LogP contribution in [0.2, 0.25) is 0 Å². The van der Waals surface area contributed by atoms with Gasteiger partial charge in [0.1, 0.15) is 0 Å². The summed E-state index contributed by atoms with van der Waals surface area (Å²) in [5.74, 6) is 0. The molecule has 4 nitrogen and oxygen atoms in total. The van der Waals surface area contributed by atoms with Crippen LogP contribution in [0.25, 0.3) is 0 Å². The van der Waals surface area contributed by atoms with Crippen LogP contribution in [0.5, 0.6) is 0 Å². The first kappa shape index (κ1) is 22.7. The van der Waals surface area contributed by atoms with Crippen LogP contribution in [0, 0.1) is 0 Å². The van der Waals surface area contributed by atoms with Gasteiger partial charge in [-0.1, -0.05) is 0 Å². The van der Waals surface area contributed by atoms with Crippen molar-refractivity contribution in [2.75, 3.05) is 0 Å². The molecule has 8 heavy (non-hydrogen) atoms. The van der Waals surface area contributed by atoms with Crippen molar-refractivity contribution in [3.8, 4) is 0 Å². The summed E-state index contributed by atoms with van der Waals surface area (Å²) in [5, 5.41) is 0. The zero-order valence-electron chi connectivity index (χ0n) is 10.3. The van der Waals surface area contributed by atoms with E-state index in [0.29, 0.717) is 0 Å². The Kier molecular flexibility index (Phi) is 31.3. The summed E-state index contributed by atoms with van der Waals surface area (Å²) in [4.78, 5) is 0. The Morgan fingerprint density at radius 1 is 1.00 bits per heavy atom. The molecule has 0 radical (unpaired) electrons. The third kappa shape index (κ3) is 50.5. The third-order valence-electron chi connectivity index (χ3n) is 0. The van der Waals surface area contributed by atoms with E-state index in [4.69, 9.17) is 16.0 Å². The van der Waals surface area contributed by atoms with Crippen LogP contribution < -0.4 is 0 Å². The van der Waals surface area contributed by atoms with Gasteiger partial charge in [-0.05, 0) is 0 Å². The van der Waals surface area contributed by atoms with Gasteiger partial charge in [0.25, 0.3) is 0 Å². The largest absolute Gasteiger partial charge is 2.00 e. The molecule has 0 saturated heterocycles. The molecule has 44 valence electrons. The monoisotopic (exact) mass is 268 g/mol. The number of hydrogen-bond donors (Lipinski definition) is 3. The fraction of sp³-hybridized carbons (Fsp3) is 0. The summed E-state index contributed by atoms with van der Waals surface area (Å²) in [6, 6.07) is 0. The van der Waals surface area contributed by atoms with E-state index < -0.39 is 14.5 Å². The minimum absolute atomic E-state index is 0. The second-order valence-corrected chi connectivity index (χ2v) is 2.67. The molecule has 0 rings (SSSR count). The van der Waals surface area contributed by atoms with Gasteiger partial charge in [0.15, 0.2) is 0 Å². The van der Waals surface area contributed by atoms with E-state index in [0.717, 1.165) is 0 Å². The molecule has 3 N–H and O–H groups in total. The van der Waals surface area contributed by atoms with E-state index in [1.54, 1.807) is 0 Å². The molecule has 0 spiro atoms. The minimum Gasteiger partial charge on any atom is -1.00 e. The number of rotatable bonds is 0. The fourth-order valence-electron chi connectivity index (χ4n) is 0. The average molecular weight is 268 g/mol. The maximum absolute atomic E-state index is 8.94. The zero-order chi connectivity index (χ0) is 4.50. The molecule has 0 unspecified atom stereocenters. The normalized spacial score (nSPS) is 7.38. The van der Waals surface area contributed by atoms with Crippen molar-refractivity contribution in [1.82, 2.24) is 0 Å². The summed E-state index contributed by atoms with van der Waals surface area (Å²) in [6.45, 7) is 0. The molecule has 0 aliphatic heterocycles. The van der Waals surface area contributed by atoms with Crippen molar-refractivity contribution < 1.29 is 24.6 Å². The first-order valence-corrected chi connectivity index (χ1v) is 4.07. The molecular weight excluding hydrogens is 259 g/mol. The maximum Gasteiger partial charge on any atom is 2.00 e. The Morgan fingerprint density at radius 3 is 1.00 bits per heavy atom. The number of hydrogen-bond acceptors (Lipinski definition) is 1. The predicted octanol–water partition coefficient (Wildman–Crippen LogP) is -2.64. The van der Waals surface area contributed by atoms with E-state index in [1.165, 1.54) is 0 Å². The summed E-state index contributed by atoms with van der Waals surface area (Å²) in [5.41, 5.74) is 0. The second-order valence-electron chi connectivity index (χ2n) is 0.513. The van der Waals surface area contributed by atoms with Crippen LogP contribution >= 0.6 is 0 Å². The van der Waals surface area contributed by atoms with Crippen LogP contribution in [-0.2, 0) is 3.74 Å². The van der Waals surface area contributed by atoms with Crippen molar-refractivity contribution in [3.05, 3.63) is 0 Å². The van der Waals surface area contributed by atoms with Gasteiger partial charge in [-0.3, -0.25) is 0 Å². The van der Waals surface area contributed by atoms with Gasteiger partial charge in [-0.2, -0.15) is 0 Å². The molecular formula is H9AsCa3O4. The van der Waals surface area contributed by atoms with E-state index >= 15 is 0 Å². The van der Waals surface area contributed by atoms with Gasteiger partial charge >= 0.3 is 144 Å². The molecule has 8 heteroatoms. The topological polar surface area (TPSA) is 77.8 Å². The van der Waals surface area contributed by atoms with Crippen LogP contribution in [-0.4, -0.2) is 140 Å². The summed E-state index contributed by atoms with van der Waals surface area (Å²) in [7, 11) is 0. The molecule has 0 aromatic rings. The average Bonchev–Trinajstić information content (AvgIpc) is 0.722. The Labute approximate surface area is 149 Å². The molecule has 0 aliphatic rings. The van der Waals surface area contributed by atoms with Crippen molar-refractivity contribution >= 4 is 128 Å². The van der Waals surface area contributed by atoms with E-state index in [1.807, 2.05) is 0 Å². The standard InChI is InChI=1S/AsH3O4.3Ca.6H/c2-1(3,4)5;;;;;;;;;/h(H3,2,3,4,5);;;;;;;;;/q;3*+2;6*-1. The summed E-state index contributed by atoms with van der Waals surface area (Å²) in [6.07, 6.45) is 0. The first-order chi connectivity index (χ1) is 2.00. The molecule has 0 amide bonds. The van der Waals surface area contributed by atoms with Crippen LogP contribution in [0.15, 0.2) is 0 Å².